The molecular formula is C13H17NO. The van der Waals surface area contributed by atoms with Gasteiger partial charge in [-0.05, 0) is 25.3 Å². The van der Waals surface area contributed by atoms with E-state index in [4.69, 9.17) is 4.84 Å². The monoisotopic (exact) mass is 203 g/mol. The summed E-state index contributed by atoms with van der Waals surface area (Å²) in [5.74, 6) is 0. The van der Waals surface area contributed by atoms with E-state index in [-0.39, 0.29) is 6.10 Å². The highest BCUT2D eigenvalue weighted by Gasteiger charge is 2.25. The molecule has 2 atom stereocenters. The van der Waals surface area contributed by atoms with E-state index in [9.17, 15) is 0 Å². The lowest BCUT2D eigenvalue weighted by molar-refractivity contribution is 0.0259. The van der Waals surface area contributed by atoms with Crippen molar-refractivity contribution in [1.29, 1.82) is 0 Å². The maximum Gasteiger partial charge on any atom is 0.106 e. The van der Waals surface area contributed by atoms with Gasteiger partial charge in [-0.15, -0.1) is 6.58 Å². The zero-order valence-electron chi connectivity index (χ0n) is 9.07. The minimum absolute atomic E-state index is 0.190. The van der Waals surface area contributed by atoms with Gasteiger partial charge in [-0.3, -0.25) is 4.84 Å². The highest BCUT2D eigenvalue weighted by atomic mass is 16.7. The molecule has 1 heterocycles. The maximum atomic E-state index is 5.55. The van der Waals surface area contributed by atoms with Gasteiger partial charge in [0, 0.05) is 6.04 Å². The van der Waals surface area contributed by atoms with Gasteiger partial charge in [-0.2, -0.15) is 5.48 Å². The summed E-state index contributed by atoms with van der Waals surface area (Å²) in [6.45, 7) is 5.83. The molecule has 15 heavy (non-hydrogen) atoms. The molecular weight excluding hydrogens is 186 g/mol. The Kier molecular flexibility index (Phi) is 3.19. The Balaban J connectivity index is 2.01. The second-order valence-electron chi connectivity index (χ2n) is 4.09. The largest absolute Gasteiger partial charge is 0.293 e. The van der Waals surface area contributed by atoms with E-state index in [2.05, 4.69) is 43.2 Å². The third-order valence-corrected chi connectivity index (χ3v) is 2.78. The van der Waals surface area contributed by atoms with Crippen LogP contribution in [-0.2, 0) is 4.84 Å². The molecule has 0 aromatic heterocycles. The topological polar surface area (TPSA) is 21.3 Å². The van der Waals surface area contributed by atoms with Crippen LogP contribution in [0.3, 0.4) is 0 Å². The molecule has 0 radical (unpaired) electrons. The van der Waals surface area contributed by atoms with E-state index < -0.39 is 0 Å². The van der Waals surface area contributed by atoms with Gasteiger partial charge in [0.25, 0.3) is 0 Å². The molecule has 1 aliphatic heterocycles. The highest BCUT2D eigenvalue weighted by Crippen LogP contribution is 2.28. The fraction of sp³-hybridized carbons (Fsp3) is 0.385. The molecule has 0 bridgehead atoms. The van der Waals surface area contributed by atoms with Crippen LogP contribution in [0.25, 0.3) is 0 Å². The summed E-state index contributed by atoms with van der Waals surface area (Å²) < 4.78 is 0. The van der Waals surface area contributed by atoms with E-state index in [1.165, 1.54) is 11.1 Å². The zero-order chi connectivity index (χ0) is 10.7. The summed E-state index contributed by atoms with van der Waals surface area (Å²) in [4.78, 5) is 5.55. The number of hydroxylamine groups is 1. The van der Waals surface area contributed by atoms with E-state index >= 15 is 0 Å². The molecule has 0 saturated carbocycles. The van der Waals surface area contributed by atoms with E-state index in [0.29, 0.717) is 6.04 Å². The molecule has 80 valence electrons. The van der Waals surface area contributed by atoms with Crippen LogP contribution in [-0.4, -0.2) is 6.04 Å². The third kappa shape index (κ3) is 2.46. The summed E-state index contributed by atoms with van der Waals surface area (Å²) in [5.41, 5.74) is 5.58. The lowest BCUT2D eigenvalue weighted by Crippen LogP contribution is -2.18. The normalized spacial score (nSPS) is 25.4. The predicted octanol–water partition coefficient (Wildman–Crippen LogP) is 2.91. The first-order valence-corrected chi connectivity index (χ1v) is 5.38. The molecule has 2 nitrogen and oxygen atoms in total. The molecule has 2 rings (SSSR count). The van der Waals surface area contributed by atoms with Crippen LogP contribution in [0, 0.1) is 6.92 Å². The molecule has 2 heteroatoms. The molecule has 1 aromatic carbocycles. The smallest absolute Gasteiger partial charge is 0.106 e. The first kappa shape index (κ1) is 10.4. The molecule has 1 saturated heterocycles. The van der Waals surface area contributed by atoms with E-state index in [1.54, 1.807) is 0 Å². The van der Waals surface area contributed by atoms with Crippen LogP contribution >= 0.6 is 0 Å². The summed E-state index contributed by atoms with van der Waals surface area (Å²) in [5, 5.41) is 0. The maximum absolute atomic E-state index is 5.55. The molecule has 1 aliphatic rings. The highest BCUT2D eigenvalue weighted by molar-refractivity contribution is 5.23. The summed E-state index contributed by atoms with van der Waals surface area (Å²) in [6, 6.07) is 8.93. The van der Waals surface area contributed by atoms with Crippen molar-refractivity contribution >= 4 is 0 Å². The minimum atomic E-state index is 0.190. The van der Waals surface area contributed by atoms with Crippen molar-refractivity contribution in [3.05, 3.63) is 48.0 Å². The van der Waals surface area contributed by atoms with Crippen LogP contribution in [0.5, 0.6) is 0 Å². The van der Waals surface area contributed by atoms with Gasteiger partial charge in [0.05, 0.1) is 0 Å². The quantitative estimate of drug-likeness (QED) is 0.763. The molecule has 1 N–H and O–H groups in total. The summed E-state index contributed by atoms with van der Waals surface area (Å²) in [6.07, 6.45) is 4.10. The van der Waals surface area contributed by atoms with Gasteiger partial charge in [-0.25, -0.2) is 0 Å². The lowest BCUT2D eigenvalue weighted by Gasteiger charge is -2.07. The van der Waals surface area contributed by atoms with Crippen molar-refractivity contribution in [3.8, 4) is 0 Å². The Morgan fingerprint density at radius 2 is 2.20 bits per heavy atom. The molecule has 0 unspecified atom stereocenters. The lowest BCUT2D eigenvalue weighted by atomic mass is 10.0. The van der Waals surface area contributed by atoms with Crippen LogP contribution in [0.4, 0.5) is 0 Å². The van der Waals surface area contributed by atoms with Crippen molar-refractivity contribution in [2.45, 2.75) is 31.9 Å². The fourth-order valence-corrected chi connectivity index (χ4v) is 1.86. The first-order chi connectivity index (χ1) is 7.29. The second kappa shape index (κ2) is 4.60. The van der Waals surface area contributed by atoms with Crippen molar-refractivity contribution in [3.63, 3.8) is 0 Å². The number of nitrogens with one attached hydrogen (secondary N) is 1. The standard InChI is InChI=1S/C13H17NO/c1-3-4-12-9-13(15-14-12)11-7-5-10(2)6-8-11/h3,5-8,12-14H,1,4,9H2,2H3/t12-,13+/m0/s1. The summed E-state index contributed by atoms with van der Waals surface area (Å²) in [7, 11) is 0. The van der Waals surface area contributed by atoms with Gasteiger partial charge < -0.3 is 0 Å². The number of rotatable bonds is 3. The fourth-order valence-electron chi connectivity index (χ4n) is 1.86. The second-order valence-corrected chi connectivity index (χ2v) is 4.09. The number of hydrogen-bond acceptors (Lipinski definition) is 2. The van der Waals surface area contributed by atoms with Gasteiger partial charge in [-0.1, -0.05) is 35.9 Å². The molecule has 1 fully saturated rings. The van der Waals surface area contributed by atoms with Crippen molar-refractivity contribution in [1.82, 2.24) is 5.48 Å². The molecule has 0 amide bonds. The predicted molar refractivity (Wildman–Crippen MR) is 61.4 cm³/mol. The Morgan fingerprint density at radius 1 is 1.47 bits per heavy atom. The van der Waals surface area contributed by atoms with Crippen molar-refractivity contribution < 1.29 is 4.84 Å². The minimum Gasteiger partial charge on any atom is -0.293 e. The molecule has 0 aliphatic carbocycles. The van der Waals surface area contributed by atoms with Crippen LogP contribution in [0.2, 0.25) is 0 Å². The average molecular weight is 203 g/mol. The van der Waals surface area contributed by atoms with Crippen LogP contribution < -0.4 is 5.48 Å². The third-order valence-electron chi connectivity index (χ3n) is 2.78. The van der Waals surface area contributed by atoms with Crippen LogP contribution in [0.1, 0.15) is 30.1 Å². The van der Waals surface area contributed by atoms with Crippen LogP contribution in [0.15, 0.2) is 36.9 Å². The van der Waals surface area contributed by atoms with Gasteiger partial charge in [0.15, 0.2) is 0 Å². The average Bonchev–Trinajstić information content (AvgIpc) is 2.68. The first-order valence-electron chi connectivity index (χ1n) is 5.38. The summed E-state index contributed by atoms with van der Waals surface area (Å²) >= 11 is 0. The molecule has 1 aromatic rings. The van der Waals surface area contributed by atoms with E-state index in [0.717, 1.165) is 12.8 Å². The Hall–Kier alpha value is -1.12. The molecule has 0 spiro atoms. The number of benzene rings is 1. The number of aryl methyl sites for hydroxylation is 1. The number of hydrogen-bond donors (Lipinski definition) is 1. The van der Waals surface area contributed by atoms with Crippen molar-refractivity contribution in [2.24, 2.45) is 0 Å². The Bertz CT molecular complexity index is 331. The SMILES string of the molecule is C=CC[C@H]1C[C@H](c2ccc(C)cc2)ON1. The Morgan fingerprint density at radius 3 is 2.87 bits per heavy atom. The van der Waals surface area contributed by atoms with Gasteiger partial charge in [0.1, 0.15) is 6.10 Å². The van der Waals surface area contributed by atoms with Gasteiger partial charge >= 0.3 is 0 Å². The van der Waals surface area contributed by atoms with E-state index in [1.807, 2.05) is 6.08 Å². The Labute approximate surface area is 90.9 Å². The van der Waals surface area contributed by atoms with Crippen molar-refractivity contribution in [2.75, 3.05) is 0 Å². The zero-order valence-corrected chi connectivity index (χ0v) is 9.07. The van der Waals surface area contributed by atoms with Gasteiger partial charge in [0.2, 0.25) is 0 Å².